The first-order valence-corrected chi connectivity index (χ1v) is 6.89. The van der Waals surface area contributed by atoms with E-state index < -0.39 is 0 Å². The fourth-order valence-electron chi connectivity index (χ4n) is 3.28. The molecule has 20 heavy (non-hydrogen) atoms. The lowest BCUT2D eigenvalue weighted by Crippen LogP contribution is -2.00. The Labute approximate surface area is 118 Å². The monoisotopic (exact) mass is 274 g/mol. The third-order valence-electron chi connectivity index (χ3n) is 4.20. The van der Waals surface area contributed by atoms with Gasteiger partial charge in [0.05, 0.1) is 14.2 Å². The summed E-state index contributed by atoms with van der Waals surface area (Å²) in [5.41, 5.74) is 3.91. The first kappa shape index (κ1) is 13.0. The summed E-state index contributed by atoms with van der Waals surface area (Å²) in [6, 6.07) is 1.83. The molecular formula is C16H18O4. The van der Waals surface area contributed by atoms with E-state index in [-0.39, 0.29) is 11.5 Å². The molecule has 1 aromatic rings. The summed E-state index contributed by atoms with van der Waals surface area (Å²) in [5.74, 6) is 1.08. The van der Waals surface area contributed by atoms with Crippen LogP contribution in [0.15, 0.2) is 11.6 Å². The van der Waals surface area contributed by atoms with Crippen molar-refractivity contribution in [3.05, 3.63) is 22.8 Å². The van der Waals surface area contributed by atoms with Crippen molar-refractivity contribution in [1.82, 2.24) is 0 Å². The quantitative estimate of drug-likeness (QED) is 0.901. The van der Waals surface area contributed by atoms with E-state index in [4.69, 9.17) is 9.47 Å². The Kier molecular flexibility index (Phi) is 3.16. The van der Waals surface area contributed by atoms with Gasteiger partial charge in [0, 0.05) is 12.0 Å². The number of fused-ring (bicyclic) bond motifs is 2. The molecule has 4 heteroatoms. The Balaban J connectivity index is 2.30. The summed E-state index contributed by atoms with van der Waals surface area (Å²) >= 11 is 0. The molecule has 106 valence electrons. The zero-order chi connectivity index (χ0) is 14.3. The molecule has 0 amide bonds. The number of benzene rings is 1. The molecule has 3 rings (SSSR count). The molecule has 1 aromatic carbocycles. The number of Topliss-reactive ketones (excluding diaryl/α,β-unsaturated/α-hetero) is 1. The number of ketones is 1. The van der Waals surface area contributed by atoms with Crippen molar-refractivity contribution in [1.29, 1.82) is 0 Å². The molecule has 0 bridgehead atoms. The van der Waals surface area contributed by atoms with E-state index in [0.717, 1.165) is 41.5 Å². The first-order valence-electron chi connectivity index (χ1n) is 6.89. The molecule has 0 radical (unpaired) electrons. The van der Waals surface area contributed by atoms with Crippen LogP contribution in [0.25, 0.3) is 5.57 Å². The molecule has 0 unspecified atom stereocenters. The molecular weight excluding hydrogens is 256 g/mol. The van der Waals surface area contributed by atoms with E-state index in [9.17, 15) is 9.90 Å². The van der Waals surface area contributed by atoms with Crippen LogP contribution in [0.1, 0.15) is 36.8 Å². The van der Waals surface area contributed by atoms with Crippen LogP contribution >= 0.6 is 0 Å². The fourth-order valence-corrected chi connectivity index (χ4v) is 3.28. The van der Waals surface area contributed by atoms with Crippen LogP contribution in [0.4, 0.5) is 0 Å². The molecule has 4 nitrogen and oxygen atoms in total. The smallest absolute Gasteiger partial charge is 0.201 e. The first-order chi connectivity index (χ1) is 9.67. The van der Waals surface area contributed by atoms with Crippen LogP contribution in [-0.2, 0) is 11.2 Å². The van der Waals surface area contributed by atoms with Crippen LogP contribution in [0.3, 0.4) is 0 Å². The van der Waals surface area contributed by atoms with Gasteiger partial charge in [0.1, 0.15) is 0 Å². The molecule has 0 spiro atoms. The number of phenolic OH excluding ortho intramolecular Hbond substituents is 1. The Morgan fingerprint density at radius 3 is 2.50 bits per heavy atom. The molecule has 1 N–H and O–H groups in total. The van der Waals surface area contributed by atoms with Crippen LogP contribution < -0.4 is 9.47 Å². The second-order valence-corrected chi connectivity index (χ2v) is 5.23. The van der Waals surface area contributed by atoms with E-state index in [2.05, 4.69) is 0 Å². The molecule has 0 saturated carbocycles. The van der Waals surface area contributed by atoms with Gasteiger partial charge in [0.2, 0.25) is 5.75 Å². The minimum atomic E-state index is 0.0156. The number of carbonyl (C=O) groups is 1. The topological polar surface area (TPSA) is 55.8 Å². The molecule has 0 atom stereocenters. The molecule has 2 aliphatic rings. The second-order valence-electron chi connectivity index (χ2n) is 5.23. The van der Waals surface area contributed by atoms with Crippen molar-refractivity contribution in [2.75, 3.05) is 14.2 Å². The second kappa shape index (κ2) is 4.85. The van der Waals surface area contributed by atoms with E-state index >= 15 is 0 Å². The van der Waals surface area contributed by atoms with Crippen molar-refractivity contribution in [2.24, 2.45) is 0 Å². The Hall–Kier alpha value is -1.97. The van der Waals surface area contributed by atoms with E-state index in [1.807, 2.05) is 6.07 Å². The van der Waals surface area contributed by atoms with Crippen LogP contribution in [0.5, 0.6) is 17.2 Å². The number of rotatable bonds is 2. The maximum atomic E-state index is 12.2. The zero-order valence-corrected chi connectivity index (χ0v) is 11.8. The highest BCUT2D eigenvalue weighted by Crippen LogP contribution is 2.49. The maximum absolute atomic E-state index is 12.2. The summed E-state index contributed by atoms with van der Waals surface area (Å²) in [6.45, 7) is 0. The number of ether oxygens (including phenoxy) is 2. The Bertz CT molecular complexity index is 613. The predicted octanol–water partition coefficient (Wildman–Crippen LogP) is 2.86. The molecule has 0 aromatic heterocycles. The van der Waals surface area contributed by atoms with Gasteiger partial charge in [-0.2, -0.15) is 0 Å². The van der Waals surface area contributed by atoms with Gasteiger partial charge in [0.15, 0.2) is 17.3 Å². The van der Waals surface area contributed by atoms with E-state index in [1.54, 1.807) is 0 Å². The molecule has 0 heterocycles. The average Bonchev–Trinajstić information content (AvgIpc) is 2.89. The lowest BCUT2D eigenvalue weighted by Gasteiger charge is -2.17. The van der Waals surface area contributed by atoms with Crippen LogP contribution in [0, 0.1) is 0 Å². The third kappa shape index (κ3) is 1.79. The molecule has 2 aliphatic carbocycles. The Morgan fingerprint density at radius 2 is 1.80 bits per heavy atom. The van der Waals surface area contributed by atoms with Gasteiger partial charge >= 0.3 is 0 Å². The van der Waals surface area contributed by atoms with Crippen LogP contribution in [-0.4, -0.2) is 25.1 Å². The summed E-state index contributed by atoms with van der Waals surface area (Å²) < 4.78 is 10.6. The number of carbonyl (C=O) groups excluding carboxylic acids is 1. The highest BCUT2D eigenvalue weighted by Gasteiger charge is 2.31. The summed E-state index contributed by atoms with van der Waals surface area (Å²) in [4.78, 5) is 12.2. The van der Waals surface area contributed by atoms with Crippen molar-refractivity contribution in [2.45, 2.75) is 32.1 Å². The number of phenols is 1. The van der Waals surface area contributed by atoms with E-state index in [1.165, 1.54) is 14.2 Å². The third-order valence-corrected chi connectivity index (χ3v) is 4.20. The summed E-state index contributed by atoms with van der Waals surface area (Å²) in [5, 5.41) is 10.3. The zero-order valence-electron chi connectivity index (χ0n) is 11.8. The summed E-state index contributed by atoms with van der Waals surface area (Å²) in [6.07, 6.45) is 3.88. The van der Waals surface area contributed by atoms with Gasteiger partial charge in [-0.1, -0.05) is 0 Å². The van der Waals surface area contributed by atoms with Crippen LogP contribution in [0.2, 0.25) is 0 Å². The number of methoxy groups -OCH3 is 2. The van der Waals surface area contributed by atoms with Gasteiger partial charge in [-0.25, -0.2) is 0 Å². The predicted molar refractivity (Wildman–Crippen MR) is 75.3 cm³/mol. The van der Waals surface area contributed by atoms with Crippen molar-refractivity contribution < 1.29 is 19.4 Å². The van der Waals surface area contributed by atoms with E-state index in [0.29, 0.717) is 24.3 Å². The van der Waals surface area contributed by atoms with Gasteiger partial charge in [0.25, 0.3) is 0 Å². The molecule has 0 aliphatic heterocycles. The van der Waals surface area contributed by atoms with Gasteiger partial charge < -0.3 is 14.6 Å². The van der Waals surface area contributed by atoms with Gasteiger partial charge in [-0.3, -0.25) is 4.79 Å². The standard InChI is InChI=1S/C16H18O4/c1-19-13-8-9-6-7-12(17)10-4-3-5-11(10)14(9)16(20-2)15(13)18/h8,18H,3-7H2,1-2H3. The number of allylic oxidation sites excluding steroid dienone is 2. The number of hydrogen-bond donors (Lipinski definition) is 1. The Morgan fingerprint density at radius 1 is 1.05 bits per heavy atom. The number of aryl methyl sites for hydroxylation is 1. The largest absolute Gasteiger partial charge is 0.502 e. The maximum Gasteiger partial charge on any atom is 0.201 e. The molecule has 0 saturated heterocycles. The number of aromatic hydroxyl groups is 1. The van der Waals surface area contributed by atoms with Crippen molar-refractivity contribution in [3.63, 3.8) is 0 Å². The summed E-state index contributed by atoms with van der Waals surface area (Å²) in [7, 11) is 3.06. The molecule has 0 fully saturated rings. The van der Waals surface area contributed by atoms with Crippen molar-refractivity contribution >= 4 is 11.4 Å². The fraction of sp³-hybridized carbons (Fsp3) is 0.438. The minimum absolute atomic E-state index is 0.0156. The van der Waals surface area contributed by atoms with Crippen molar-refractivity contribution in [3.8, 4) is 17.2 Å². The lowest BCUT2D eigenvalue weighted by atomic mass is 9.95. The SMILES string of the molecule is COc1cc2c(c(OC)c1O)C1=C(CCC1)C(=O)CC2. The van der Waals surface area contributed by atoms with Gasteiger partial charge in [-0.05, 0) is 48.5 Å². The highest BCUT2D eigenvalue weighted by molar-refractivity contribution is 6.05. The highest BCUT2D eigenvalue weighted by atomic mass is 16.5. The lowest BCUT2D eigenvalue weighted by molar-refractivity contribution is -0.115. The average molecular weight is 274 g/mol. The normalized spacial score (nSPS) is 17.6. The van der Waals surface area contributed by atoms with Gasteiger partial charge in [-0.15, -0.1) is 0 Å². The number of hydrogen-bond acceptors (Lipinski definition) is 4. The minimum Gasteiger partial charge on any atom is -0.502 e.